The highest BCUT2D eigenvalue weighted by Gasteiger charge is 2.23. The van der Waals surface area contributed by atoms with E-state index in [4.69, 9.17) is 5.26 Å². The van der Waals surface area contributed by atoms with Crippen molar-refractivity contribution in [1.29, 1.82) is 5.26 Å². The lowest BCUT2D eigenvalue weighted by Crippen LogP contribution is -2.43. The molecule has 1 aliphatic heterocycles. The average molecular weight is 221 g/mol. The molecule has 0 spiro atoms. The smallest absolute Gasteiger partial charge is 0.165 e. The summed E-state index contributed by atoms with van der Waals surface area (Å²) < 4.78 is 13.2. The van der Waals surface area contributed by atoms with Crippen molar-refractivity contribution in [2.75, 3.05) is 19.6 Å². The summed E-state index contributed by atoms with van der Waals surface area (Å²) in [6.07, 6.45) is 0. The molecule has 5 heteroatoms. The number of hydrogen-bond acceptors (Lipinski definition) is 4. The maximum atomic E-state index is 13.2. The third kappa shape index (κ3) is 1.85. The van der Waals surface area contributed by atoms with E-state index in [1.165, 1.54) is 6.07 Å². The van der Waals surface area contributed by atoms with E-state index in [1.54, 1.807) is 0 Å². The van der Waals surface area contributed by atoms with Gasteiger partial charge in [-0.15, -0.1) is 0 Å². The van der Waals surface area contributed by atoms with Crippen LogP contribution in [0.1, 0.15) is 17.2 Å². The molecule has 16 heavy (non-hydrogen) atoms. The molecule has 1 aromatic rings. The van der Waals surface area contributed by atoms with Gasteiger partial charge in [-0.05, 0) is 12.1 Å². The minimum atomic E-state index is -0.693. The van der Waals surface area contributed by atoms with Crippen molar-refractivity contribution in [1.82, 2.24) is 10.6 Å². The monoisotopic (exact) mass is 221 g/mol. The molecule has 0 bridgehead atoms. The molecule has 1 aromatic carbocycles. The zero-order valence-corrected chi connectivity index (χ0v) is 8.63. The number of halogens is 1. The molecule has 1 heterocycles. The van der Waals surface area contributed by atoms with Gasteiger partial charge in [-0.25, -0.2) is 4.39 Å². The first kappa shape index (κ1) is 10.9. The highest BCUT2D eigenvalue weighted by atomic mass is 19.1. The Hall–Kier alpha value is -1.64. The first-order chi connectivity index (χ1) is 7.74. The van der Waals surface area contributed by atoms with E-state index >= 15 is 0 Å². The van der Waals surface area contributed by atoms with Gasteiger partial charge in [0.05, 0.1) is 11.6 Å². The van der Waals surface area contributed by atoms with E-state index in [1.807, 2.05) is 6.07 Å². The summed E-state index contributed by atoms with van der Waals surface area (Å²) in [5, 5.41) is 24.9. The lowest BCUT2D eigenvalue weighted by molar-refractivity contribution is 0.387. The third-order valence-electron chi connectivity index (χ3n) is 2.68. The minimum absolute atomic E-state index is 0.223. The fraction of sp³-hybridized carbons (Fsp3) is 0.364. The summed E-state index contributed by atoms with van der Waals surface area (Å²) in [5.74, 6) is -1.12. The van der Waals surface area contributed by atoms with Crippen molar-refractivity contribution in [3.63, 3.8) is 0 Å². The summed E-state index contributed by atoms with van der Waals surface area (Å²) >= 11 is 0. The summed E-state index contributed by atoms with van der Waals surface area (Å²) in [6, 6.07) is 4.24. The SMILES string of the molecule is N#Cc1ccc(F)c(O)c1[C@@H]1CNCCN1. The van der Waals surface area contributed by atoms with Crippen LogP contribution in [-0.2, 0) is 0 Å². The quantitative estimate of drug-likeness (QED) is 0.651. The number of phenolic OH excluding ortho intramolecular Hbond substituents is 1. The van der Waals surface area contributed by atoms with Crippen LogP contribution in [0.3, 0.4) is 0 Å². The number of aromatic hydroxyl groups is 1. The zero-order chi connectivity index (χ0) is 11.5. The van der Waals surface area contributed by atoms with Crippen molar-refractivity contribution in [3.8, 4) is 11.8 Å². The summed E-state index contributed by atoms with van der Waals surface area (Å²) in [7, 11) is 0. The van der Waals surface area contributed by atoms with Crippen LogP contribution in [-0.4, -0.2) is 24.7 Å². The molecule has 1 aliphatic rings. The van der Waals surface area contributed by atoms with Crippen molar-refractivity contribution in [2.24, 2.45) is 0 Å². The maximum absolute atomic E-state index is 13.2. The number of benzene rings is 1. The molecule has 0 aromatic heterocycles. The molecular formula is C11H12FN3O. The van der Waals surface area contributed by atoms with Crippen molar-refractivity contribution >= 4 is 0 Å². The normalized spacial score (nSPS) is 20.4. The Kier molecular flexibility index (Phi) is 3.04. The van der Waals surface area contributed by atoms with Crippen LogP contribution in [0.15, 0.2) is 12.1 Å². The second kappa shape index (κ2) is 4.47. The summed E-state index contributed by atoms with van der Waals surface area (Å²) in [6.45, 7) is 2.13. The number of piperazine rings is 1. The van der Waals surface area contributed by atoms with Gasteiger partial charge in [-0.1, -0.05) is 0 Å². The van der Waals surface area contributed by atoms with E-state index in [9.17, 15) is 9.50 Å². The average Bonchev–Trinajstić information content (AvgIpc) is 2.33. The Balaban J connectivity index is 2.44. The highest BCUT2D eigenvalue weighted by molar-refractivity contribution is 5.49. The Labute approximate surface area is 92.7 Å². The number of nitrogens with zero attached hydrogens (tertiary/aromatic N) is 1. The second-order valence-electron chi connectivity index (χ2n) is 3.68. The van der Waals surface area contributed by atoms with Gasteiger partial charge >= 0.3 is 0 Å². The predicted molar refractivity (Wildman–Crippen MR) is 56.4 cm³/mol. The first-order valence-electron chi connectivity index (χ1n) is 5.09. The van der Waals surface area contributed by atoms with Gasteiger partial charge in [-0.2, -0.15) is 5.26 Å². The number of nitriles is 1. The first-order valence-corrected chi connectivity index (χ1v) is 5.09. The van der Waals surface area contributed by atoms with Gasteiger partial charge < -0.3 is 15.7 Å². The van der Waals surface area contributed by atoms with E-state index in [2.05, 4.69) is 10.6 Å². The Morgan fingerprint density at radius 1 is 1.44 bits per heavy atom. The fourth-order valence-corrected chi connectivity index (χ4v) is 1.89. The Bertz CT molecular complexity index is 436. The van der Waals surface area contributed by atoms with Crippen LogP contribution in [0.2, 0.25) is 0 Å². The molecule has 0 saturated carbocycles. The molecular weight excluding hydrogens is 209 g/mol. The van der Waals surface area contributed by atoms with Crippen molar-refractivity contribution in [2.45, 2.75) is 6.04 Å². The standard InChI is InChI=1S/C11H12FN3O/c12-8-2-1-7(5-13)10(11(8)16)9-6-14-3-4-15-9/h1-2,9,14-16H,3-4,6H2/t9-/m0/s1. The molecule has 2 rings (SSSR count). The maximum Gasteiger partial charge on any atom is 0.165 e. The number of rotatable bonds is 1. The number of nitrogens with one attached hydrogen (secondary N) is 2. The molecule has 3 N–H and O–H groups in total. The minimum Gasteiger partial charge on any atom is -0.505 e. The summed E-state index contributed by atoms with van der Waals surface area (Å²) in [4.78, 5) is 0. The Morgan fingerprint density at radius 3 is 2.88 bits per heavy atom. The van der Waals surface area contributed by atoms with Crippen LogP contribution in [0.4, 0.5) is 4.39 Å². The van der Waals surface area contributed by atoms with Gasteiger partial charge in [0, 0.05) is 31.2 Å². The number of hydrogen-bond donors (Lipinski definition) is 3. The number of phenols is 1. The molecule has 4 nitrogen and oxygen atoms in total. The van der Waals surface area contributed by atoms with E-state index in [-0.39, 0.29) is 6.04 Å². The van der Waals surface area contributed by atoms with Crippen LogP contribution < -0.4 is 10.6 Å². The van der Waals surface area contributed by atoms with E-state index < -0.39 is 11.6 Å². The molecule has 0 aliphatic carbocycles. The molecule has 84 valence electrons. The van der Waals surface area contributed by atoms with Gasteiger partial charge in [0.15, 0.2) is 11.6 Å². The fourth-order valence-electron chi connectivity index (χ4n) is 1.89. The van der Waals surface area contributed by atoms with E-state index in [0.717, 1.165) is 19.2 Å². The molecule has 0 radical (unpaired) electrons. The molecule has 1 fully saturated rings. The summed E-state index contributed by atoms with van der Waals surface area (Å²) in [5.41, 5.74) is 0.648. The van der Waals surface area contributed by atoms with E-state index in [0.29, 0.717) is 17.7 Å². The predicted octanol–water partition coefficient (Wildman–Crippen LogP) is 0.637. The van der Waals surface area contributed by atoms with Crippen LogP contribution in [0.5, 0.6) is 5.75 Å². The van der Waals surface area contributed by atoms with Gasteiger partial charge in [0.1, 0.15) is 0 Å². The lowest BCUT2D eigenvalue weighted by Gasteiger charge is -2.26. The third-order valence-corrected chi connectivity index (χ3v) is 2.68. The van der Waals surface area contributed by atoms with Crippen LogP contribution in [0, 0.1) is 17.1 Å². The largest absolute Gasteiger partial charge is 0.505 e. The zero-order valence-electron chi connectivity index (χ0n) is 8.63. The molecule has 0 amide bonds. The topological polar surface area (TPSA) is 68.1 Å². The molecule has 1 atom stereocenters. The van der Waals surface area contributed by atoms with Gasteiger partial charge in [-0.3, -0.25) is 0 Å². The second-order valence-corrected chi connectivity index (χ2v) is 3.68. The van der Waals surface area contributed by atoms with Gasteiger partial charge in [0.2, 0.25) is 0 Å². The highest BCUT2D eigenvalue weighted by Crippen LogP contribution is 2.30. The van der Waals surface area contributed by atoms with Crippen LogP contribution in [0.25, 0.3) is 0 Å². The lowest BCUT2D eigenvalue weighted by atomic mass is 9.98. The molecule has 0 unspecified atom stereocenters. The van der Waals surface area contributed by atoms with Gasteiger partial charge in [0.25, 0.3) is 0 Å². The molecule has 1 saturated heterocycles. The van der Waals surface area contributed by atoms with Crippen LogP contribution >= 0.6 is 0 Å². The Morgan fingerprint density at radius 2 is 2.25 bits per heavy atom. The van der Waals surface area contributed by atoms with Crippen molar-refractivity contribution < 1.29 is 9.50 Å². The van der Waals surface area contributed by atoms with Crippen molar-refractivity contribution in [3.05, 3.63) is 29.1 Å².